The fourth-order valence-electron chi connectivity index (χ4n) is 7.50. The second-order valence-corrected chi connectivity index (χ2v) is 18.1. The average molecular weight is 919 g/mol. The van der Waals surface area contributed by atoms with E-state index in [2.05, 4.69) is 106 Å². The van der Waals surface area contributed by atoms with Gasteiger partial charge in [-0.3, -0.25) is 14.4 Å². The number of ether oxygens (including phenoxy) is 3. The van der Waals surface area contributed by atoms with Crippen LogP contribution in [-0.4, -0.2) is 37.2 Å². The summed E-state index contributed by atoms with van der Waals surface area (Å²) in [6, 6.07) is 0. The molecule has 1 atom stereocenters. The Balaban J connectivity index is 4.41. The van der Waals surface area contributed by atoms with E-state index in [9.17, 15) is 14.4 Å². The Hall–Kier alpha value is -3.41. The molecule has 0 aliphatic carbocycles. The maximum atomic E-state index is 12.8. The van der Waals surface area contributed by atoms with Gasteiger partial charge < -0.3 is 14.2 Å². The zero-order valence-electron chi connectivity index (χ0n) is 43.2. The molecule has 0 aromatic rings. The van der Waals surface area contributed by atoms with E-state index in [-0.39, 0.29) is 31.1 Å². The topological polar surface area (TPSA) is 78.9 Å². The minimum atomic E-state index is -0.795. The molecule has 0 saturated heterocycles. The van der Waals surface area contributed by atoms with E-state index in [1.54, 1.807) is 0 Å². The van der Waals surface area contributed by atoms with Gasteiger partial charge in [0, 0.05) is 19.3 Å². The van der Waals surface area contributed by atoms with Gasteiger partial charge in [-0.1, -0.05) is 228 Å². The van der Waals surface area contributed by atoms with Gasteiger partial charge in [-0.25, -0.2) is 0 Å². The highest BCUT2D eigenvalue weighted by molar-refractivity contribution is 5.71. The number of allylic oxidation sites excluding steroid dienone is 14. The normalized spacial score (nSPS) is 12.7. The van der Waals surface area contributed by atoms with E-state index in [4.69, 9.17) is 14.2 Å². The van der Waals surface area contributed by atoms with E-state index in [0.717, 1.165) is 96.3 Å². The lowest BCUT2D eigenvalue weighted by molar-refractivity contribution is -0.167. The number of esters is 3. The molecule has 0 aromatic carbocycles. The maximum Gasteiger partial charge on any atom is 0.306 e. The van der Waals surface area contributed by atoms with Crippen molar-refractivity contribution in [2.75, 3.05) is 13.2 Å². The Labute approximate surface area is 407 Å². The quantitative estimate of drug-likeness (QED) is 0.0262. The van der Waals surface area contributed by atoms with Crippen molar-refractivity contribution in [3.05, 3.63) is 85.1 Å². The fraction of sp³-hybridized carbons (Fsp3) is 0.717. The van der Waals surface area contributed by atoms with Gasteiger partial charge in [0.05, 0.1) is 0 Å². The van der Waals surface area contributed by atoms with Gasteiger partial charge in [0.1, 0.15) is 13.2 Å². The molecule has 66 heavy (non-hydrogen) atoms. The molecular weight excluding hydrogens is 817 g/mol. The predicted molar refractivity (Wildman–Crippen MR) is 284 cm³/mol. The molecule has 0 rings (SSSR count). The standard InChI is InChI=1S/C60H102O6/c1-4-7-10-13-16-19-22-24-26-28-29-30-31-33-34-36-38-41-44-47-50-53-59(62)65-56-57(55-64-58(61)52-49-46-43-40-21-18-15-12-9-6-3)66-60(63)54-51-48-45-42-39-37-35-32-27-25-23-20-17-14-11-8-5-2/h7,10,16,19,24-27,29-30,33-34,38,41,57H,4-6,8-9,11-15,17-18,20-23,28,31-32,35-37,39-40,42-56H2,1-3H3/b10-7-,19-16-,26-24-,27-25-,30-29-,34-33-,41-38-. The molecule has 0 radical (unpaired) electrons. The van der Waals surface area contributed by atoms with Crippen LogP contribution in [0.25, 0.3) is 0 Å². The fourth-order valence-corrected chi connectivity index (χ4v) is 7.50. The second-order valence-electron chi connectivity index (χ2n) is 18.1. The van der Waals surface area contributed by atoms with Crippen molar-refractivity contribution in [1.82, 2.24) is 0 Å². The molecule has 0 fully saturated rings. The number of unbranched alkanes of at least 4 members (excludes halogenated alkanes) is 24. The summed E-state index contributed by atoms with van der Waals surface area (Å²) >= 11 is 0. The van der Waals surface area contributed by atoms with Crippen LogP contribution in [0.15, 0.2) is 85.1 Å². The molecule has 0 aromatic heterocycles. The Kier molecular flexibility index (Phi) is 51.4. The van der Waals surface area contributed by atoms with Crippen molar-refractivity contribution in [3.8, 4) is 0 Å². The predicted octanol–water partition coefficient (Wildman–Crippen LogP) is 18.4. The first-order chi connectivity index (χ1) is 32.5. The molecule has 0 bridgehead atoms. The van der Waals surface area contributed by atoms with E-state index in [1.165, 1.54) is 122 Å². The summed E-state index contributed by atoms with van der Waals surface area (Å²) in [6.45, 7) is 6.47. The molecule has 6 heteroatoms. The summed E-state index contributed by atoms with van der Waals surface area (Å²) in [5.41, 5.74) is 0. The lowest BCUT2D eigenvalue weighted by Gasteiger charge is -2.18. The number of carbonyl (C=O) groups excluding carboxylic acids is 3. The van der Waals surface area contributed by atoms with E-state index in [0.29, 0.717) is 19.3 Å². The van der Waals surface area contributed by atoms with Gasteiger partial charge in [0.25, 0.3) is 0 Å². The van der Waals surface area contributed by atoms with E-state index >= 15 is 0 Å². The van der Waals surface area contributed by atoms with Gasteiger partial charge in [-0.15, -0.1) is 0 Å². The van der Waals surface area contributed by atoms with E-state index in [1.807, 2.05) is 0 Å². The van der Waals surface area contributed by atoms with Crippen LogP contribution >= 0.6 is 0 Å². The molecular formula is C60H102O6. The van der Waals surface area contributed by atoms with E-state index < -0.39 is 6.10 Å². The van der Waals surface area contributed by atoms with Crippen LogP contribution in [-0.2, 0) is 28.6 Å². The van der Waals surface area contributed by atoms with Gasteiger partial charge in [0.15, 0.2) is 6.10 Å². The van der Waals surface area contributed by atoms with Crippen LogP contribution in [0.5, 0.6) is 0 Å². The number of rotatable bonds is 49. The summed E-state index contributed by atoms with van der Waals surface area (Å²) in [5.74, 6) is -0.939. The van der Waals surface area contributed by atoms with Crippen LogP contribution in [0.2, 0.25) is 0 Å². The summed E-state index contributed by atoms with van der Waals surface area (Å²) < 4.78 is 16.8. The van der Waals surface area contributed by atoms with Crippen LogP contribution in [0.1, 0.15) is 258 Å². The minimum Gasteiger partial charge on any atom is -0.462 e. The van der Waals surface area contributed by atoms with Crippen molar-refractivity contribution in [2.24, 2.45) is 0 Å². The Morgan fingerprint density at radius 3 is 0.970 bits per heavy atom. The first-order valence-electron chi connectivity index (χ1n) is 27.6. The first kappa shape index (κ1) is 62.6. The average Bonchev–Trinajstić information content (AvgIpc) is 3.31. The molecule has 0 N–H and O–H groups in total. The SMILES string of the molecule is CC/C=C\C/C=C\C/C=C\C/C=C\C/C=C\C/C=C\CCCCC(=O)OCC(COC(=O)CCCCCCCCCCCC)OC(=O)CCCCCCCCC/C=C\CCCCCCCC. The molecule has 0 spiro atoms. The number of carbonyl (C=O) groups is 3. The van der Waals surface area contributed by atoms with Crippen molar-refractivity contribution < 1.29 is 28.6 Å². The molecule has 0 saturated carbocycles. The molecule has 0 aliphatic heterocycles. The molecule has 0 amide bonds. The zero-order valence-corrected chi connectivity index (χ0v) is 43.2. The highest BCUT2D eigenvalue weighted by Gasteiger charge is 2.19. The smallest absolute Gasteiger partial charge is 0.306 e. The third kappa shape index (κ3) is 51.6. The number of hydrogen-bond donors (Lipinski definition) is 0. The zero-order chi connectivity index (χ0) is 47.9. The Bertz CT molecular complexity index is 1290. The highest BCUT2D eigenvalue weighted by Crippen LogP contribution is 2.14. The van der Waals surface area contributed by atoms with Crippen LogP contribution in [0.4, 0.5) is 0 Å². The first-order valence-corrected chi connectivity index (χ1v) is 27.6. The van der Waals surface area contributed by atoms with Gasteiger partial charge in [-0.05, 0) is 96.3 Å². The van der Waals surface area contributed by atoms with Crippen molar-refractivity contribution in [2.45, 2.75) is 264 Å². The van der Waals surface area contributed by atoms with Crippen LogP contribution in [0, 0.1) is 0 Å². The Morgan fingerprint density at radius 2 is 0.591 bits per heavy atom. The summed E-state index contributed by atoms with van der Waals surface area (Å²) in [6.07, 6.45) is 70.0. The molecule has 6 nitrogen and oxygen atoms in total. The second kappa shape index (κ2) is 54.2. The highest BCUT2D eigenvalue weighted by atomic mass is 16.6. The molecule has 0 aliphatic rings. The van der Waals surface area contributed by atoms with Crippen LogP contribution < -0.4 is 0 Å². The summed E-state index contributed by atoms with van der Waals surface area (Å²) in [4.78, 5) is 38.0. The third-order valence-corrected chi connectivity index (χ3v) is 11.6. The van der Waals surface area contributed by atoms with Gasteiger partial charge in [-0.2, -0.15) is 0 Å². The van der Waals surface area contributed by atoms with Gasteiger partial charge >= 0.3 is 17.9 Å². The van der Waals surface area contributed by atoms with Gasteiger partial charge in [0.2, 0.25) is 0 Å². The van der Waals surface area contributed by atoms with Crippen LogP contribution in [0.3, 0.4) is 0 Å². The summed E-state index contributed by atoms with van der Waals surface area (Å²) in [7, 11) is 0. The van der Waals surface area contributed by atoms with Crippen molar-refractivity contribution in [3.63, 3.8) is 0 Å². The molecule has 0 heterocycles. The van der Waals surface area contributed by atoms with Crippen molar-refractivity contribution >= 4 is 17.9 Å². The Morgan fingerprint density at radius 1 is 0.318 bits per heavy atom. The van der Waals surface area contributed by atoms with Crippen molar-refractivity contribution in [1.29, 1.82) is 0 Å². The molecule has 1 unspecified atom stereocenters. The maximum absolute atomic E-state index is 12.8. The summed E-state index contributed by atoms with van der Waals surface area (Å²) in [5, 5.41) is 0. The minimum absolute atomic E-state index is 0.0907. The lowest BCUT2D eigenvalue weighted by Crippen LogP contribution is -2.30. The molecule has 378 valence electrons. The monoisotopic (exact) mass is 919 g/mol. The third-order valence-electron chi connectivity index (χ3n) is 11.6. The lowest BCUT2D eigenvalue weighted by atomic mass is 10.1. The number of hydrogen-bond acceptors (Lipinski definition) is 6. The largest absolute Gasteiger partial charge is 0.462 e.